The minimum absolute atomic E-state index is 0.0531. The van der Waals surface area contributed by atoms with Gasteiger partial charge in [0.15, 0.2) is 0 Å². The average Bonchev–Trinajstić information content (AvgIpc) is 2.49. The van der Waals surface area contributed by atoms with Crippen LogP contribution in [0.4, 0.5) is 0 Å². The fourth-order valence-corrected chi connectivity index (χ4v) is 3.25. The van der Waals surface area contributed by atoms with Crippen LogP contribution in [0.2, 0.25) is 0 Å². The van der Waals surface area contributed by atoms with E-state index >= 15 is 0 Å². The summed E-state index contributed by atoms with van der Waals surface area (Å²) in [5.41, 5.74) is 3.73. The van der Waals surface area contributed by atoms with Gasteiger partial charge in [0.2, 0.25) is 5.91 Å². The van der Waals surface area contributed by atoms with E-state index in [1.165, 1.54) is 42.4 Å². The molecule has 1 aliphatic carbocycles. The first-order chi connectivity index (χ1) is 10.5. The summed E-state index contributed by atoms with van der Waals surface area (Å²) in [5, 5.41) is 6.53. The molecule has 3 atom stereocenters. The summed E-state index contributed by atoms with van der Waals surface area (Å²) in [6, 6.07) is 6.93. The third-order valence-corrected chi connectivity index (χ3v) is 5.04. The zero-order valence-electron chi connectivity index (χ0n) is 14.4. The van der Waals surface area contributed by atoms with Gasteiger partial charge in [0.25, 0.3) is 0 Å². The van der Waals surface area contributed by atoms with E-state index in [-0.39, 0.29) is 11.9 Å². The SMILES string of the molecule is Cc1ccc(C(C)NC(=O)CNC2CCCCC2C)cc1C. The Morgan fingerprint density at radius 2 is 1.95 bits per heavy atom. The molecule has 0 aromatic heterocycles. The first kappa shape index (κ1) is 17.0. The molecule has 0 saturated heterocycles. The molecule has 1 aromatic carbocycles. The van der Waals surface area contributed by atoms with Crippen molar-refractivity contribution >= 4 is 5.91 Å². The molecular formula is C19H30N2O. The molecule has 0 heterocycles. The second kappa shape index (κ2) is 7.77. The first-order valence-corrected chi connectivity index (χ1v) is 8.57. The number of hydrogen-bond acceptors (Lipinski definition) is 2. The number of carbonyl (C=O) groups excluding carboxylic acids is 1. The van der Waals surface area contributed by atoms with E-state index in [1.807, 2.05) is 6.92 Å². The topological polar surface area (TPSA) is 41.1 Å². The maximum atomic E-state index is 12.2. The molecule has 0 aliphatic heterocycles. The van der Waals surface area contributed by atoms with Crippen LogP contribution in [-0.4, -0.2) is 18.5 Å². The van der Waals surface area contributed by atoms with Gasteiger partial charge < -0.3 is 10.6 Å². The molecule has 1 aromatic rings. The Balaban J connectivity index is 1.81. The zero-order valence-corrected chi connectivity index (χ0v) is 14.4. The van der Waals surface area contributed by atoms with Gasteiger partial charge in [-0.25, -0.2) is 0 Å². The van der Waals surface area contributed by atoms with Crippen molar-refractivity contribution in [1.29, 1.82) is 0 Å². The number of amides is 1. The van der Waals surface area contributed by atoms with Gasteiger partial charge in [0.1, 0.15) is 0 Å². The van der Waals surface area contributed by atoms with Gasteiger partial charge in [-0.05, 0) is 56.2 Å². The maximum absolute atomic E-state index is 12.2. The van der Waals surface area contributed by atoms with Crippen LogP contribution in [0.5, 0.6) is 0 Å². The third-order valence-electron chi connectivity index (χ3n) is 5.04. The van der Waals surface area contributed by atoms with Gasteiger partial charge in [-0.2, -0.15) is 0 Å². The van der Waals surface area contributed by atoms with Gasteiger partial charge in [0.05, 0.1) is 12.6 Å². The van der Waals surface area contributed by atoms with Gasteiger partial charge in [0, 0.05) is 6.04 Å². The quantitative estimate of drug-likeness (QED) is 0.871. The van der Waals surface area contributed by atoms with E-state index < -0.39 is 0 Å². The largest absolute Gasteiger partial charge is 0.348 e. The van der Waals surface area contributed by atoms with Crippen molar-refractivity contribution in [3.8, 4) is 0 Å². The number of nitrogens with one attached hydrogen (secondary N) is 2. The molecular weight excluding hydrogens is 272 g/mol. The number of carbonyl (C=O) groups is 1. The van der Waals surface area contributed by atoms with E-state index in [0.717, 1.165) is 0 Å². The molecule has 3 unspecified atom stereocenters. The normalized spacial score (nSPS) is 23.1. The average molecular weight is 302 g/mol. The van der Waals surface area contributed by atoms with Gasteiger partial charge >= 0.3 is 0 Å². The summed E-state index contributed by atoms with van der Waals surface area (Å²) >= 11 is 0. The highest BCUT2D eigenvalue weighted by Crippen LogP contribution is 2.23. The fourth-order valence-electron chi connectivity index (χ4n) is 3.25. The van der Waals surface area contributed by atoms with Crippen LogP contribution >= 0.6 is 0 Å². The lowest BCUT2D eigenvalue weighted by molar-refractivity contribution is -0.121. The van der Waals surface area contributed by atoms with Crippen LogP contribution in [0, 0.1) is 19.8 Å². The maximum Gasteiger partial charge on any atom is 0.234 e. The van der Waals surface area contributed by atoms with Crippen LogP contribution in [0.15, 0.2) is 18.2 Å². The summed E-state index contributed by atoms with van der Waals surface area (Å²) in [5.74, 6) is 0.766. The van der Waals surface area contributed by atoms with E-state index in [1.54, 1.807) is 0 Å². The van der Waals surface area contributed by atoms with E-state index in [9.17, 15) is 4.79 Å². The van der Waals surface area contributed by atoms with Crippen molar-refractivity contribution in [2.75, 3.05) is 6.54 Å². The zero-order chi connectivity index (χ0) is 16.1. The molecule has 0 radical (unpaired) electrons. The minimum Gasteiger partial charge on any atom is -0.348 e. The predicted octanol–water partition coefficient (Wildman–Crippen LogP) is 3.65. The molecule has 3 heteroatoms. The van der Waals surface area contributed by atoms with Gasteiger partial charge in [-0.3, -0.25) is 4.79 Å². The second-order valence-corrected chi connectivity index (χ2v) is 6.88. The number of aryl methyl sites for hydroxylation is 2. The fraction of sp³-hybridized carbons (Fsp3) is 0.632. The first-order valence-electron chi connectivity index (χ1n) is 8.57. The molecule has 3 nitrogen and oxygen atoms in total. The molecule has 1 fully saturated rings. The van der Waals surface area contributed by atoms with Crippen molar-refractivity contribution in [3.63, 3.8) is 0 Å². The Morgan fingerprint density at radius 3 is 2.64 bits per heavy atom. The molecule has 2 rings (SSSR count). The molecule has 1 aliphatic rings. The van der Waals surface area contributed by atoms with Gasteiger partial charge in [-0.1, -0.05) is 38.0 Å². The minimum atomic E-state index is 0.0531. The van der Waals surface area contributed by atoms with E-state index in [0.29, 0.717) is 18.5 Å². The molecule has 0 spiro atoms. The smallest absolute Gasteiger partial charge is 0.234 e. The second-order valence-electron chi connectivity index (χ2n) is 6.88. The molecule has 1 saturated carbocycles. The van der Waals surface area contributed by atoms with Crippen LogP contribution in [-0.2, 0) is 4.79 Å². The molecule has 122 valence electrons. The highest BCUT2D eigenvalue weighted by atomic mass is 16.1. The Labute approximate surface area is 134 Å². The Hall–Kier alpha value is -1.35. The lowest BCUT2D eigenvalue weighted by Crippen LogP contribution is -2.43. The Bertz CT molecular complexity index is 512. The van der Waals surface area contributed by atoms with Crippen LogP contribution in [0.3, 0.4) is 0 Å². The van der Waals surface area contributed by atoms with Crippen LogP contribution in [0.25, 0.3) is 0 Å². The van der Waals surface area contributed by atoms with Crippen molar-refractivity contribution in [2.24, 2.45) is 5.92 Å². The number of rotatable bonds is 5. The molecule has 1 amide bonds. The predicted molar refractivity (Wildman–Crippen MR) is 91.9 cm³/mol. The van der Waals surface area contributed by atoms with Gasteiger partial charge in [-0.15, -0.1) is 0 Å². The highest BCUT2D eigenvalue weighted by molar-refractivity contribution is 5.78. The summed E-state index contributed by atoms with van der Waals surface area (Å²) in [6.07, 6.45) is 5.08. The monoisotopic (exact) mass is 302 g/mol. The van der Waals surface area contributed by atoms with Crippen LogP contribution < -0.4 is 10.6 Å². The Kier molecular flexibility index (Phi) is 6.01. The van der Waals surface area contributed by atoms with Crippen LogP contribution in [0.1, 0.15) is 62.3 Å². The highest BCUT2D eigenvalue weighted by Gasteiger charge is 2.21. The summed E-state index contributed by atoms with van der Waals surface area (Å²) in [4.78, 5) is 12.2. The van der Waals surface area contributed by atoms with Crippen molar-refractivity contribution < 1.29 is 4.79 Å². The Morgan fingerprint density at radius 1 is 1.23 bits per heavy atom. The van der Waals surface area contributed by atoms with E-state index in [2.05, 4.69) is 49.6 Å². The molecule has 0 bridgehead atoms. The molecule has 22 heavy (non-hydrogen) atoms. The molecule has 2 N–H and O–H groups in total. The summed E-state index contributed by atoms with van der Waals surface area (Å²) < 4.78 is 0. The number of benzene rings is 1. The summed E-state index contributed by atoms with van der Waals surface area (Å²) in [6.45, 7) is 8.97. The van der Waals surface area contributed by atoms with Crippen molar-refractivity contribution in [3.05, 3.63) is 34.9 Å². The number of hydrogen-bond donors (Lipinski definition) is 2. The van der Waals surface area contributed by atoms with Crippen molar-refractivity contribution in [2.45, 2.75) is 65.5 Å². The van der Waals surface area contributed by atoms with Crippen molar-refractivity contribution in [1.82, 2.24) is 10.6 Å². The summed E-state index contributed by atoms with van der Waals surface area (Å²) in [7, 11) is 0. The standard InChI is InChI=1S/C19H30N2O/c1-13-9-10-17(11-15(13)3)16(4)21-19(22)12-20-18-8-6-5-7-14(18)2/h9-11,14,16,18,20H,5-8,12H2,1-4H3,(H,21,22). The third kappa shape index (κ3) is 4.57. The lowest BCUT2D eigenvalue weighted by atomic mass is 9.86. The lowest BCUT2D eigenvalue weighted by Gasteiger charge is -2.29. The van der Waals surface area contributed by atoms with E-state index in [4.69, 9.17) is 0 Å².